The van der Waals surface area contributed by atoms with Gasteiger partial charge in [-0.15, -0.1) is 0 Å². The van der Waals surface area contributed by atoms with Crippen molar-refractivity contribution >= 4 is 11.7 Å². The van der Waals surface area contributed by atoms with Gasteiger partial charge in [0, 0.05) is 38.3 Å². The Morgan fingerprint density at radius 1 is 1.03 bits per heavy atom. The Hall–Kier alpha value is -2.53. The summed E-state index contributed by atoms with van der Waals surface area (Å²) in [6, 6.07) is 17.4. The first-order valence-corrected chi connectivity index (χ1v) is 10.8. The molecule has 5 heteroatoms. The smallest absolute Gasteiger partial charge is 0.317 e. The van der Waals surface area contributed by atoms with Crippen LogP contribution < -0.4 is 10.2 Å². The van der Waals surface area contributed by atoms with Gasteiger partial charge in [0.2, 0.25) is 0 Å². The maximum Gasteiger partial charge on any atom is 0.317 e. The number of fused-ring (bicyclic) bond motifs is 2. The number of rotatable bonds is 4. The van der Waals surface area contributed by atoms with Crippen LogP contribution in [0.3, 0.4) is 0 Å². The molecule has 0 spiro atoms. The summed E-state index contributed by atoms with van der Waals surface area (Å²) >= 11 is 0. The van der Waals surface area contributed by atoms with Crippen LogP contribution in [0.2, 0.25) is 0 Å². The van der Waals surface area contributed by atoms with Gasteiger partial charge >= 0.3 is 6.03 Å². The molecule has 5 rings (SSSR count). The van der Waals surface area contributed by atoms with E-state index in [0.29, 0.717) is 13.2 Å². The molecule has 2 amide bonds. The minimum Gasteiger partial charge on any atom is -0.371 e. The molecule has 1 N–H and O–H groups in total. The van der Waals surface area contributed by atoms with E-state index in [1.165, 1.54) is 22.4 Å². The highest BCUT2D eigenvalue weighted by Gasteiger charge is 2.32. The molecule has 0 unspecified atom stereocenters. The molecule has 3 aliphatic heterocycles. The van der Waals surface area contributed by atoms with Crippen molar-refractivity contribution in [1.82, 2.24) is 10.2 Å². The van der Waals surface area contributed by atoms with E-state index in [0.717, 1.165) is 45.3 Å². The van der Waals surface area contributed by atoms with Gasteiger partial charge in [0.05, 0.1) is 18.8 Å². The number of hydrogen-bond donors (Lipinski definition) is 1. The molecule has 0 bridgehead atoms. The van der Waals surface area contributed by atoms with Crippen LogP contribution in [0.25, 0.3) is 0 Å². The van der Waals surface area contributed by atoms with Crippen molar-refractivity contribution in [1.29, 1.82) is 0 Å². The predicted molar refractivity (Wildman–Crippen MR) is 114 cm³/mol. The molecule has 3 heterocycles. The molecule has 2 atom stereocenters. The van der Waals surface area contributed by atoms with Crippen molar-refractivity contribution in [3.8, 4) is 0 Å². The zero-order valence-electron chi connectivity index (χ0n) is 16.8. The Morgan fingerprint density at radius 2 is 1.83 bits per heavy atom. The molecule has 2 aromatic rings. The summed E-state index contributed by atoms with van der Waals surface area (Å²) in [4.78, 5) is 17.4. The van der Waals surface area contributed by atoms with Crippen molar-refractivity contribution in [2.75, 3.05) is 31.1 Å². The minimum absolute atomic E-state index is 0.0559. The van der Waals surface area contributed by atoms with Crippen LogP contribution in [-0.2, 0) is 24.2 Å². The summed E-state index contributed by atoms with van der Waals surface area (Å²) < 4.78 is 5.95. The Bertz CT molecular complexity index is 884. The standard InChI is InChI=1S/C24H29N3O2/c28-24(25-15-22-14-19-7-1-2-8-20(19)17-29-22)27-12-5-9-21(27)16-26-13-11-18-6-3-4-10-23(18)26/h1-4,6-8,10,21-22H,5,9,11-17H2,(H,25,28)/t21-,22-/m0/s1. The van der Waals surface area contributed by atoms with Crippen LogP contribution in [0.4, 0.5) is 10.5 Å². The molecule has 1 fully saturated rings. The first-order valence-electron chi connectivity index (χ1n) is 10.8. The molecule has 3 aliphatic rings. The average molecular weight is 392 g/mol. The topological polar surface area (TPSA) is 44.8 Å². The summed E-state index contributed by atoms with van der Waals surface area (Å²) in [7, 11) is 0. The number of urea groups is 1. The van der Waals surface area contributed by atoms with Gasteiger partial charge in [0.15, 0.2) is 0 Å². The van der Waals surface area contributed by atoms with Gasteiger partial charge in [-0.25, -0.2) is 4.79 Å². The minimum atomic E-state index is 0.0559. The molecule has 2 aromatic carbocycles. The van der Waals surface area contributed by atoms with E-state index < -0.39 is 0 Å². The van der Waals surface area contributed by atoms with Crippen LogP contribution >= 0.6 is 0 Å². The summed E-state index contributed by atoms with van der Waals surface area (Å²) in [5, 5.41) is 3.14. The maximum absolute atomic E-state index is 12.9. The van der Waals surface area contributed by atoms with Gasteiger partial charge in [-0.3, -0.25) is 0 Å². The maximum atomic E-state index is 12.9. The highest BCUT2D eigenvalue weighted by atomic mass is 16.5. The van der Waals surface area contributed by atoms with Crippen LogP contribution in [0.1, 0.15) is 29.5 Å². The van der Waals surface area contributed by atoms with E-state index in [9.17, 15) is 4.79 Å². The van der Waals surface area contributed by atoms with E-state index >= 15 is 0 Å². The molecule has 5 nitrogen and oxygen atoms in total. The number of anilines is 1. The van der Waals surface area contributed by atoms with E-state index in [1.807, 2.05) is 4.90 Å². The summed E-state index contributed by atoms with van der Waals surface area (Å²) in [5.41, 5.74) is 5.37. The number of carbonyl (C=O) groups excluding carboxylic acids is 1. The largest absolute Gasteiger partial charge is 0.371 e. The second-order valence-electron chi connectivity index (χ2n) is 8.41. The fraction of sp³-hybridized carbons (Fsp3) is 0.458. The summed E-state index contributed by atoms with van der Waals surface area (Å²) in [6.07, 6.45) is 4.20. The van der Waals surface area contributed by atoms with Gasteiger partial charge in [-0.2, -0.15) is 0 Å². The number of benzene rings is 2. The van der Waals surface area contributed by atoms with Crippen molar-refractivity contribution in [3.05, 3.63) is 65.2 Å². The SMILES string of the molecule is O=C(NC[C@@H]1Cc2ccccc2CO1)N1CCC[C@H]1CN1CCc2ccccc21. The number of nitrogens with one attached hydrogen (secondary N) is 1. The molecule has 29 heavy (non-hydrogen) atoms. The second-order valence-corrected chi connectivity index (χ2v) is 8.41. The first-order chi connectivity index (χ1) is 14.3. The Balaban J connectivity index is 1.16. The van der Waals surface area contributed by atoms with E-state index in [1.54, 1.807) is 0 Å². The average Bonchev–Trinajstić information content (AvgIpc) is 3.40. The third-order valence-corrected chi connectivity index (χ3v) is 6.57. The van der Waals surface area contributed by atoms with Crippen LogP contribution in [0.5, 0.6) is 0 Å². The fourth-order valence-corrected chi connectivity index (χ4v) is 4.99. The monoisotopic (exact) mass is 391 g/mol. The quantitative estimate of drug-likeness (QED) is 0.869. The lowest BCUT2D eigenvalue weighted by Crippen LogP contribution is -2.49. The van der Waals surface area contributed by atoms with Gasteiger partial charge < -0.3 is 19.9 Å². The number of ether oxygens (including phenoxy) is 1. The van der Waals surface area contributed by atoms with Crippen molar-refractivity contribution < 1.29 is 9.53 Å². The van der Waals surface area contributed by atoms with Crippen LogP contribution in [-0.4, -0.2) is 49.3 Å². The number of hydrogen-bond acceptors (Lipinski definition) is 3. The molecule has 0 saturated carbocycles. The number of amides is 2. The first kappa shape index (κ1) is 18.5. The molecule has 152 valence electrons. The Morgan fingerprint density at radius 3 is 2.72 bits per heavy atom. The van der Waals surface area contributed by atoms with Gasteiger partial charge in [0.1, 0.15) is 0 Å². The van der Waals surface area contributed by atoms with E-state index in [-0.39, 0.29) is 18.2 Å². The van der Waals surface area contributed by atoms with Crippen LogP contribution in [0.15, 0.2) is 48.5 Å². The van der Waals surface area contributed by atoms with Gasteiger partial charge in [0.25, 0.3) is 0 Å². The molecule has 0 aromatic heterocycles. The highest BCUT2D eigenvalue weighted by Crippen LogP contribution is 2.29. The Kier molecular flexibility index (Phi) is 5.15. The number of nitrogens with zero attached hydrogens (tertiary/aromatic N) is 2. The van der Waals surface area contributed by atoms with Crippen LogP contribution in [0, 0.1) is 0 Å². The van der Waals surface area contributed by atoms with Crippen molar-refractivity contribution in [2.24, 2.45) is 0 Å². The van der Waals surface area contributed by atoms with E-state index in [4.69, 9.17) is 4.74 Å². The normalized spacial score (nSPS) is 23.0. The van der Waals surface area contributed by atoms with Gasteiger partial charge in [-0.05, 0) is 42.0 Å². The molecular formula is C24H29N3O2. The third kappa shape index (κ3) is 3.84. The van der Waals surface area contributed by atoms with Crippen molar-refractivity contribution in [2.45, 2.75) is 44.4 Å². The van der Waals surface area contributed by atoms with E-state index in [2.05, 4.69) is 58.7 Å². The zero-order chi connectivity index (χ0) is 19.6. The second kappa shape index (κ2) is 8.07. The Labute approximate surface area is 172 Å². The molecule has 0 aliphatic carbocycles. The summed E-state index contributed by atoms with van der Waals surface area (Å²) in [5.74, 6) is 0. The number of carbonyl (C=O) groups is 1. The lowest BCUT2D eigenvalue weighted by molar-refractivity contribution is 0.0296. The third-order valence-electron chi connectivity index (χ3n) is 6.57. The molecule has 1 saturated heterocycles. The van der Waals surface area contributed by atoms with Crippen molar-refractivity contribution in [3.63, 3.8) is 0 Å². The summed E-state index contributed by atoms with van der Waals surface area (Å²) in [6.45, 7) is 4.04. The molecular weight excluding hydrogens is 362 g/mol. The van der Waals surface area contributed by atoms with Gasteiger partial charge in [-0.1, -0.05) is 42.5 Å². The number of para-hydroxylation sites is 1. The predicted octanol–water partition coefficient (Wildman–Crippen LogP) is 3.36. The highest BCUT2D eigenvalue weighted by molar-refractivity contribution is 5.75. The zero-order valence-corrected chi connectivity index (χ0v) is 16.8. The number of likely N-dealkylation sites (tertiary alicyclic amines) is 1. The lowest BCUT2D eigenvalue weighted by Gasteiger charge is -2.31. The lowest BCUT2D eigenvalue weighted by atomic mass is 9.99. The molecule has 0 radical (unpaired) electrons. The fourth-order valence-electron chi connectivity index (χ4n) is 4.99.